The Morgan fingerprint density at radius 3 is 2.38 bits per heavy atom. The molecule has 0 spiro atoms. The Labute approximate surface area is 190 Å². The number of benzene rings is 1. The number of rotatable bonds is 7. The molecule has 1 saturated heterocycles. The molecule has 1 unspecified atom stereocenters. The number of piperidine rings is 1. The van der Waals surface area contributed by atoms with Crippen LogP contribution in [-0.4, -0.2) is 31.7 Å². The van der Waals surface area contributed by atoms with E-state index in [1.54, 1.807) is 11.3 Å². The highest BCUT2D eigenvalue weighted by Crippen LogP contribution is 2.36. The predicted molar refractivity (Wildman–Crippen MR) is 118 cm³/mol. The summed E-state index contributed by atoms with van der Waals surface area (Å²) in [4.78, 5) is 13.2. The van der Waals surface area contributed by atoms with E-state index in [0.29, 0.717) is 5.92 Å². The van der Waals surface area contributed by atoms with E-state index in [1.165, 1.54) is 12.1 Å². The van der Waals surface area contributed by atoms with Gasteiger partial charge in [0.25, 0.3) is 0 Å². The molecule has 1 aromatic carbocycles. The van der Waals surface area contributed by atoms with Crippen molar-refractivity contribution in [3.8, 4) is 0 Å². The topological polar surface area (TPSA) is 66.5 Å². The van der Waals surface area contributed by atoms with Crippen molar-refractivity contribution >= 4 is 27.3 Å². The molecule has 0 aliphatic carbocycles. The van der Waals surface area contributed by atoms with E-state index in [0.717, 1.165) is 27.7 Å². The summed E-state index contributed by atoms with van der Waals surface area (Å²) in [6, 6.07) is 8.00. The van der Waals surface area contributed by atoms with Crippen LogP contribution in [0.4, 0.5) is 13.2 Å². The fourth-order valence-corrected chi connectivity index (χ4v) is 6.39. The molecule has 1 aromatic heterocycles. The van der Waals surface area contributed by atoms with Crippen molar-refractivity contribution in [2.75, 3.05) is 13.1 Å². The van der Waals surface area contributed by atoms with E-state index >= 15 is 0 Å². The van der Waals surface area contributed by atoms with Crippen molar-refractivity contribution < 1.29 is 26.4 Å². The molecule has 0 radical (unpaired) electrons. The van der Waals surface area contributed by atoms with E-state index in [9.17, 15) is 26.4 Å². The highest BCUT2D eigenvalue weighted by molar-refractivity contribution is 7.89. The first-order chi connectivity index (χ1) is 15.0. The van der Waals surface area contributed by atoms with Crippen LogP contribution in [0.5, 0.6) is 0 Å². The Morgan fingerprint density at radius 1 is 1.16 bits per heavy atom. The SMILES string of the molecule is CC(C)CC(NC(=O)C1CCN(S(=O)(=O)c2ccccc2C(F)(F)F)CC1)c1cccs1. The van der Waals surface area contributed by atoms with Gasteiger partial charge in [-0.05, 0) is 48.8 Å². The van der Waals surface area contributed by atoms with E-state index in [4.69, 9.17) is 0 Å². The normalized spacial score (nSPS) is 17.4. The van der Waals surface area contributed by atoms with Crippen LogP contribution in [-0.2, 0) is 21.0 Å². The predicted octanol–water partition coefficient (Wildman–Crippen LogP) is 5.07. The second-order valence-corrected chi connectivity index (χ2v) is 11.3. The van der Waals surface area contributed by atoms with Crippen LogP contribution in [0.25, 0.3) is 0 Å². The Balaban J connectivity index is 1.68. The number of hydrogen-bond acceptors (Lipinski definition) is 4. The van der Waals surface area contributed by atoms with E-state index in [1.807, 2.05) is 17.5 Å². The van der Waals surface area contributed by atoms with Gasteiger partial charge in [0.1, 0.15) is 0 Å². The molecular formula is C22H27F3N2O3S2. The molecule has 1 fully saturated rings. The van der Waals surface area contributed by atoms with Crippen LogP contribution in [0.15, 0.2) is 46.7 Å². The molecule has 1 aliphatic heterocycles. The van der Waals surface area contributed by atoms with Crippen LogP contribution < -0.4 is 5.32 Å². The average Bonchev–Trinajstić information content (AvgIpc) is 3.27. The summed E-state index contributed by atoms with van der Waals surface area (Å²) in [5.74, 6) is -0.145. The summed E-state index contributed by atoms with van der Waals surface area (Å²) in [6.07, 6.45) is -3.46. The van der Waals surface area contributed by atoms with Crippen molar-refractivity contribution in [1.82, 2.24) is 9.62 Å². The molecule has 32 heavy (non-hydrogen) atoms. The van der Waals surface area contributed by atoms with Gasteiger partial charge in [0.2, 0.25) is 15.9 Å². The molecular weight excluding hydrogens is 461 g/mol. The second-order valence-electron chi connectivity index (χ2n) is 8.38. The first-order valence-corrected chi connectivity index (χ1v) is 12.8. The summed E-state index contributed by atoms with van der Waals surface area (Å²) in [6.45, 7) is 4.16. The van der Waals surface area contributed by atoms with Gasteiger partial charge in [-0.15, -0.1) is 11.3 Å². The standard InChI is InChI=1S/C22H27F3N2O3S2/c1-15(2)14-18(19-7-5-13-31-19)26-21(28)16-9-11-27(12-10-16)32(29,30)20-8-4-3-6-17(20)22(23,24)25/h3-8,13,15-16,18H,9-12,14H2,1-2H3,(H,26,28). The summed E-state index contributed by atoms with van der Waals surface area (Å²) >= 11 is 1.57. The van der Waals surface area contributed by atoms with Gasteiger partial charge in [0, 0.05) is 23.9 Å². The number of halogens is 3. The first kappa shape index (κ1) is 24.7. The largest absolute Gasteiger partial charge is 0.417 e. The highest BCUT2D eigenvalue weighted by Gasteiger charge is 2.40. The van der Waals surface area contributed by atoms with E-state index in [-0.39, 0.29) is 43.8 Å². The molecule has 5 nitrogen and oxygen atoms in total. The van der Waals surface area contributed by atoms with Crippen molar-refractivity contribution in [1.29, 1.82) is 0 Å². The molecule has 1 aliphatic rings. The third-order valence-corrected chi connectivity index (χ3v) is 8.49. The minimum absolute atomic E-state index is 0.000457. The van der Waals surface area contributed by atoms with E-state index < -0.39 is 26.7 Å². The monoisotopic (exact) mass is 488 g/mol. The third-order valence-electron chi connectivity index (χ3n) is 5.55. The lowest BCUT2D eigenvalue weighted by atomic mass is 9.95. The Morgan fingerprint density at radius 2 is 1.81 bits per heavy atom. The van der Waals surface area contributed by atoms with Gasteiger partial charge in [-0.3, -0.25) is 4.79 Å². The number of sulfonamides is 1. The zero-order valence-corrected chi connectivity index (χ0v) is 19.6. The van der Waals surface area contributed by atoms with Gasteiger partial charge < -0.3 is 5.32 Å². The Hall–Kier alpha value is -1.91. The second kappa shape index (κ2) is 9.93. The fraction of sp³-hybridized carbons (Fsp3) is 0.500. The molecule has 1 atom stereocenters. The quantitative estimate of drug-likeness (QED) is 0.592. The van der Waals surface area contributed by atoms with Crippen molar-refractivity contribution in [3.63, 3.8) is 0 Å². The molecule has 1 N–H and O–H groups in total. The number of thiophene rings is 1. The lowest BCUT2D eigenvalue weighted by Gasteiger charge is -2.32. The number of carbonyl (C=O) groups is 1. The smallest absolute Gasteiger partial charge is 0.348 e. The molecule has 2 aromatic rings. The number of nitrogens with zero attached hydrogens (tertiary/aromatic N) is 1. The van der Waals surface area contributed by atoms with Crippen LogP contribution in [0.3, 0.4) is 0 Å². The molecule has 10 heteroatoms. The number of carbonyl (C=O) groups excluding carboxylic acids is 1. The van der Waals surface area contributed by atoms with Crippen molar-refractivity contribution in [3.05, 3.63) is 52.2 Å². The van der Waals surface area contributed by atoms with E-state index in [2.05, 4.69) is 19.2 Å². The van der Waals surface area contributed by atoms with Crippen LogP contribution in [0, 0.1) is 11.8 Å². The van der Waals surface area contributed by atoms with Crippen LogP contribution in [0.2, 0.25) is 0 Å². The van der Waals surface area contributed by atoms with Crippen molar-refractivity contribution in [2.24, 2.45) is 11.8 Å². The van der Waals surface area contributed by atoms with Crippen LogP contribution >= 0.6 is 11.3 Å². The maximum Gasteiger partial charge on any atom is 0.417 e. The maximum absolute atomic E-state index is 13.3. The Kier molecular flexibility index (Phi) is 7.67. The Bertz CT molecular complexity index is 1010. The number of nitrogens with one attached hydrogen (secondary N) is 1. The van der Waals surface area contributed by atoms with Crippen LogP contribution in [0.1, 0.15) is 49.6 Å². The number of hydrogen-bond donors (Lipinski definition) is 1. The van der Waals surface area contributed by atoms with Gasteiger partial charge in [-0.2, -0.15) is 17.5 Å². The summed E-state index contributed by atoms with van der Waals surface area (Å²) < 4.78 is 66.8. The van der Waals surface area contributed by atoms with Gasteiger partial charge in [0.15, 0.2) is 0 Å². The molecule has 3 rings (SSSR count). The zero-order chi connectivity index (χ0) is 23.5. The molecule has 0 saturated carbocycles. The summed E-state index contributed by atoms with van der Waals surface area (Å²) in [7, 11) is -4.32. The first-order valence-electron chi connectivity index (χ1n) is 10.5. The summed E-state index contributed by atoms with van der Waals surface area (Å²) in [5.41, 5.74) is -1.17. The lowest BCUT2D eigenvalue weighted by molar-refractivity contribution is -0.139. The van der Waals surface area contributed by atoms with Gasteiger partial charge in [0.05, 0.1) is 16.5 Å². The zero-order valence-electron chi connectivity index (χ0n) is 17.9. The molecule has 176 valence electrons. The minimum Gasteiger partial charge on any atom is -0.348 e. The molecule has 2 heterocycles. The number of alkyl halides is 3. The minimum atomic E-state index is -4.77. The van der Waals surface area contributed by atoms with Crippen molar-refractivity contribution in [2.45, 2.75) is 50.2 Å². The summed E-state index contributed by atoms with van der Waals surface area (Å²) in [5, 5.41) is 5.04. The third kappa shape index (κ3) is 5.71. The highest BCUT2D eigenvalue weighted by atomic mass is 32.2. The van der Waals surface area contributed by atoms with Gasteiger partial charge >= 0.3 is 6.18 Å². The van der Waals surface area contributed by atoms with Gasteiger partial charge in [-0.25, -0.2) is 8.42 Å². The molecule has 1 amide bonds. The van der Waals surface area contributed by atoms with Gasteiger partial charge in [-0.1, -0.05) is 32.0 Å². The lowest BCUT2D eigenvalue weighted by Crippen LogP contribution is -2.44. The fourth-order valence-electron chi connectivity index (χ4n) is 3.92. The maximum atomic E-state index is 13.3. The molecule has 0 bridgehead atoms. The average molecular weight is 489 g/mol. The number of amides is 1.